The van der Waals surface area contributed by atoms with Crippen LogP contribution in [0.25, 0.3) is 11.1 Å². The van der Waals surface area contributed by atoms with E-state index < -0.39 is 63.3 Å². The van der Waals surface area contributed by atoms with Gasteiger partial charge in [0.2, 0.25) is 5.91 Å². The van der Waals surface area contributed by atoms with E-state index in [2.05, 4.69) is 0 Å². The molecule has 11 heteroatoms. The Hall–Kier alpha value is -2.69. The third-order valence-electron chi connectivity index (χ3n) is 7.51. The van der Waals surface area contributed by atoms with E-state index in [0.29, 0.717) is 31.0 Å². The molecule has 1 unspecified atom stereocenters. The highest BCUT2D eigenvalue weighted by Crippen LogP contribution is 2.50. The first-order chi connectivity index (χ1) is 18.8. The van der Waals surface area contributed by atoms with Crippen LogP contribution in [0, 0.1) is 11.6 Å². The number of morpholine rings is 1. The summed E-state index contributed by atoms with van der Waals surface area (Å²) >= 11 is 0. The molecule has 2 aromatic rings. The predicted molar refractivity (Wildman–Crippen MR) is 134 cm³/mol. The van der Waals surface area contributed by atoms with Crippen molar-refractivity contribution in [2.75, 3.05) is 19.8 Å². The van der Waals surface area contributed by atoms with Gasteiger partial charge >= 0.3 is 12.4 Å². The van der Waals surface area contributed by atoms with Crippen molar-refractivity contribution in [3.63, 3.8) is 0 Å². The normalized spacial score (nSPS) is 16.4. The van der Waals surface area contributed by atoms with Gasteiger partial charge in [0.1, 0.15) is 6.61 Å². The van der Waals surface area contributed by atoms with E-state index in [0.717, 1.165) is 31.7 Å². The molecule has 0 saturated carbocycles. The predicted octanol–water partition coefficient (Wildman–Crippen LogP) is 8.88. The zero-order chi connectivity index (χ0) is 29.7. The van der Waals surface area contributed by atoms with Crippen molar-refractivity contribution < 1.29 is 44.7 Å². The van der Waals surface area contributed by atoms with Crippen molar-refractivity contribution in [2.24, 2.45) is 0 Å². The molecule has 0 N–H and O–H groups in total. The fourth-order valence-corrected chi connectivity index (χ4v) is 5.50. The maximum atomic E-state index is 14.5. The van der Waals surface area contributed by atoms with Crippen LogP contribution < -0.4 is 0 Å². The van der Waals surface area contributed by atoms with Gasteiger partial charge in [0.25, 0.3) is 0 Å². The maximum Gasteiger partial charge on any atom is 0.417 e. The summed E-state index contributed by atoms with van der Waals surface area (Å²) in [6.45, 7) is 3.27. The molecule has 3 rings (SSSR count). The van der Waals surface area contributed by atoms with Crippen LogP contribution in [-0.4, -0.2) is 30.6 Å². The summed E-state index contributed by atoms with van der Waals surface area (Å²) in [5.74, 6) is -3.33. The highest BCUT2D eigenvalue weighted by Gasteiger charge is 2.47. The molecule has 1 saturated heterocycles. The largest absolute Gasteiger partial charge is 0.417 e. The number of halogens is 8. The van der Waals surface area contributed by atoms with Crippen LogP contribution >= 0.6 is 0 Å². The highest BCUT2D eigenvalue weighted by atomic mass is 19.4. The summed E-state index contributed by atoms with van der Waals surface area (Å²) in [5, 5.41) is 0. The van der Waals surface area contributed by atoms with Gasteiger partial charge in [-0.15, -0.1) is 0 Å². The summed E-state index contributed by atoms with van der Waals surface area (Å²) in [6, 6.07) is 2.71. The first-order valence-electron chi connectivity index (χ1n) is 13.4. The molecule has 0 radical (unpaired) electrons. The molecular formula is C29H33F8NO2. The number of carbonyl (C=O) groups is 1. The van der Waals surface area contributed by atoms with Gasteiger partial charge in [-0.3, -0.25) is 4.79 Å². The van der Waals surface area contributed by atoms with E-state index in [1.807, 2.05) is 6.92 Å². The number of hydrogen-bond donors (Lipinski definition) is 0. The fourth-order valence-electron chi connectivity index (χ4n) is 5.50. The molecule has 0 aromatic heterocycles. The average Bonchev–Trinajstić information content (AvgIpc) is 2.89. The second-order valence-corrected chi connectivity index (χ2v) is 10.1. The van der Waals surface area contributed by atoms with Gasteiger partial charge in [-0.05, 0) is 53.8 Å². The quantitative estimate of drug-likeness (QED) is 0.197. The molecule has 0 spiro atoms. The minimum atomic E-state index is -5.27. The summed E-state index contributed by atoms with van der Waals surface area (Å²) in [4.78, 5) is 14.4. The van der Waals surface area contributed by atoms with E-state index in [1.54, 1.807) is 6.92 Å². The number of alkyl halides is 6. The Morgan fingerprint density at radius 3 is 2.05 bits per heavy atom. The van der Waals surface area contributed by atoms with Crippen LogP contribution in [-0.2, 0) is 27.4 Å². The maximum absolute atomic E-state index is 14.5. The van der Waals surface area contributed by atoms with Crippen LogP contribution in [0.15, 0.2) is 30.3 Å². The fraction of sp³-hybridized carbons (Fsp3) is 0.552. The number of benzene rings is 2. The minimum Gasteiger partial charge on any atom is -0.370 e. The molecule has 1 heterocycles. The number of hydrogen-bond acceptors (Lipinski definition) is 2. The lowest BCUT2D eigenvalue weighted by molar-refractivity contribution is -0.152. The van der Waals surface area contributed by atoms with Crippen LogP contribution in [0.2, 0.25) is 0 Å². The molecule has 3 nitrogen and oxygen atoms in total. The molecule has 222 valence electrons. The van der Waals surface area contributed by atoms with Crippen LogP contribution in [0.3, 0.4) is 0 Å². The van der Waals surface area contributed by atoms with Crippen molar-refractivity contribution in [1.29, 1.82) is 0 Å². The first kappa shape index (κ1) is 31.8. The molecule has 0 bridgehead atoms. The Balaban J connectivity index is 2.36. The summed E-state index contributed by atoms with van der Waals surface area (Å²) in [6.07, 6.45) is -5.54. The Morgan fingerprint density at radius 2 is 1.48 bits per heavy atom. The van der Waals surface area contributed by atoms with Gasteiger partial charge in [0, 0.05) is 6.54 Å². The van der Waals surface area contributed by atoms with Crippen molar-refractivity contribution >= 4 is 5.91 Å². The van der Waals surface area contributed by atoms with Crippen LogP contribution in [0.1, 0.15) is 81.9 Å². The highest BCUT2D eigenvalue weighted by molar-refractivity contribution is 5.81. The Kier molecular flexibility index (Phi) is 10.2. The lowest BCUT2D eigenvalue weighted by Crippen LogP contribution is -2.54. The summed E-state index contributed by atoms with van der Waals surface area (Å²) < 4.78 is 119. The Morgan fingerprint density at radius 1 is 0.825 bits per heavy atom. The Labute approximate surface area is 228 Å². The van der Waals surface area contributed by atoms with E-state index >= 15 is 0 Å². The zero-order valence-corrected chi connectivity index (χ0v) is 22.5. The SMILES string of the molecule is CCCCCCCCC(CC)(c1cc(C(F)(F)F)cc(C(F)(F)F)c1-c1ccc(F)c(F)c1)N1CCOCC1=O. The number of unbranched alkanes of at least 4 members (excludes halogenated alkanes) is 5. The van der Waals surface area contributed by atoms with E-state index in [4.69, 9.17) is 4.74 Å². The first-order valence-corrected chi connectivity index (χ1v) is 13.4. The Bertz CT molecular complexity index is 1180. The molecular weight excluding hydrogens is 546 g/mol. The smallest absolute Gasteiger partial charge is 0.370 e. The lowest BCUT2D eigenvalue weighted by atomic mass is 9.74. The summed E-state index contributed by atoms with van der Waals surface area (Å²) in [5.41, 5.74) is -6.30. The van der Waals surface area contributed by atoms with Crippen molar-refractivity contribution in [3.05, 3.63) is 58.7 Å². The standard InChI is InChI=1S/C29H33F8NO2/c1-3-5-6-7-8-9-12-27(4-2,38-13-14-40-18-25(38)39)21-16-20(28(32,33)34)17-22(29(35,36)37)26(21)19-10-11-23(30)24(31)15-19/h10-11,15-17H,3-9,12-14,18H2,1-2H3. The molecule has 1 amide bonds. The van der Waals surface area contributed by atoms with Gasteiger partial charge in [-0.25, -0.2) is 8.78 Å². The van der Waals surface area contributed by atoms with Gasteiger partial charge in [0.15, 0.2) is 11.6 Å². The van der Waals surface area contributed by atoms with E-state index in [1.165, 1.54) is 4.90 Å². The number of ether oxygens (including phenoxy) is 1. The van der Waals surface area contributed by atoms with Crippen molar-refractivity contribution in [1.82, 2.24) is 4.90 Å². The number of carbonyl (C=O) groups excluding carboxylic acids is 1. The number of rotatable bonds is 11. The minimum absolute atomic E-state index is 0.00754. The second kappa shape index (κ2) is 12.9. The van der Waals surface area contributed by atoms with Gasteiger partial charge in [0.05, 0.1) is 23.3 Å². The zero-order valence-electron chi connectivity index (χ0n) is 22.5. The topological polar surface area (TPSA) is 29.5 Å². The van der Waals surface area contributed by atoms with Crippen molar-refractivity contribution in [2.45, 2.75) is 83.1 Å². The van der Waals surface area contributed by atoms with E-state index in [9.17, 15) is 39.9 Å². The molecule has 1 aliphatic rings. The van der Waals surface area contributed by atoms with E-state index in [-0.39, 0.29) is 38.7 Å². The van der Waals surface area contributed by atoms with Gasteiger partial charge < -0.3 is 9.64 Å². The molecule has 0 aliphatic carbocycles. The number of nitrogens with zero attached hydrogens (tertiary/aromatic N) is 1. The third-order valence-corrected chi connectivity index (χ3v) is 7.51. The van der Waals surface area contributed by atoms with Gasteiger partial charge in [-0.1, -0.05) is 58.4 Å². The van der Waals surface area contributed by atoms with Crippen LogP contribution in [0.4, 0.5) is 35.1 Å². The second-order valence-electron chi connectivity index (χ2n) is 10.1. The molecule has 1 aliphatic heterocycles. The molecule has 40 heavy (non-hydrogen) atoms. The molecule has 1 fully saturated rings. The lowest BCUT2D eigenvalue weighted by Gasteiger charge is -2.47. The average molecular weight is 580 g/mol. The van der Waals surface area contributed by atoms with Crippen LogP contribution in [0.5, 0.6) is 0 Å². The molecule has 2 aromatic carbocycles. The number of amides is 1. The molecule has 1 atom stereocenters. The third kappa shape index (κ3) is 6.95. The van der Waals surface area contributed by atoms with Crippen molar-refractivity contribution in [3.8, 4) is 11.1 Å². The van der Waals surface area contributed by atoms with Gasteiger partial charge in [-0.2, -0.15) is 26.3 Å². The summed E-state index contributed by atoms with van der Waals surface area (Å²) in [7, 11) is 0. The monoisotopic (exact) mass is 579 g/mol.